The van der Waals surface area contributed by atoms with Crippen LogP contribution in [0, 0.1) is 0 Å². The van der Waals surface area contributed by atoms with Crippen LogP contribution in [-0.2, 0) is 0 Å². The molecule has 1 atom stereocenters. The number of aromatic nitrogens is 2. The first kappa shape index (κ1) is 14.9. The zero-order chi connectivity index (χ0) is 15.4. The standard InChI is InChI=1S/C13H13ClN4O3/c1-7(11-15-4-5-16-11)17-13(21)18-8-2-3-10(14)9(6-8)12(19)20/h2-7H,1H3,(H,15,16)(H,19,20)(H2,17,18,21). The van der Waals surface area contributed by atoms with Crippen molar-refractivity contribution in [2.45, 2.75) is 13.0 Å². The first-order chi connectivity index (χ1) is 9.97. The highest BCUT2D eigenvalue weighted by atomic mass is 35.5. The number of aromatic amines is 1. The summed E-state index contributed by atoms with van der Waals surface area (Å²) in [4.78, 5) is 29.7. The second-order valence-electron chi connectivity index (χ2n) is 4.29. The number of rotatable bonds is 4. The molecule has 1 heterocycles. The van der Waals surface area contributed by atoms with E-state index in [0.29, 0.717) is 11.5 Å². The van der Waals surface area contributed by atoms with Crippen molar-refractivity contribution in [3.63, 3.8) is 0 Å². The van der Waals surface area contributed by atoms with Gasteiger partial charge in [0.05, 0.1) is 16.6 Å². The molecule has 0 spiro atoms. The summed E-state index contributed by atoms with van der Waals surface area (Å²) in [5.74, 6) is -0.541. The number of amides is 2. The Hall–Kier alpha value is -2.54. The van der Waals surface area contributed by atoms with Gasteiger partial charge in [0.25, 0.3) is 0 Å². The topological polar surface area (TPSA) is 107 Å². The summed E-state index contributed by atoms with van der Waals surface area (Å²) >= 11 is 5.76. The monoisotopic (exact) mass is 308 g/mol. The molecule has 1 unspecified atom stereocenters. The SMILES string of the molecule is CC(NC(=O)Nc1ccc(Cl)c(C(=O)O)c1)c1ncc[nH]1. The highest BCUT2D eigenvalue weighted by Crippen LogP contribution is 2.20. The zero-order valence-electron chi connectivity index (χ0n) is 11.1. The molecule has 7 nitrogen and oxygen atoms in total. The van der Waals surface area contributed by atoms with Gasteiger partial charge in [0, 0.05) is 18.1 Å². The van der Waals surface area contributed by atoms with Crippen molar-refractivity contribution in [2.24, 2.45) is 0 Å². The van der Waals surface area contributed by atoms with Crippen molar-refractivity contribution in [1.29, 1.82) is 0 Å². The Labute approximate surface area is 125 Å². The van der Waals surface area contributed by atoms with Gasteiger partial charge >= 0.3 is 12.0 Å². The van der Waals surface area contributed by atoms with Crippen molar-refractivity contribution in [3.05, 3.63) is 47.0 Å². The van der Waals surface area contributed by atoms with Gasteiger partial charge in [0.1, 0.15) is 5.82 Å². The molecule has 2 aromatic rings. The lowest BCUT2D eigenvalue weighted by Crippen LogP contribution is -2.31. The molecule has 1 aromatic heterocycles. The molecule has 0 bridgehead atoms. The predicted octanol–water partition coefficient (Wildman–Crippen LogP) is 2.64. The van der Waals surface area contributed by atoms with Crippen LogP contribution in [0.1, 0.15) is 29.1 Å². The van der Waals surface area contributed by atoms with E-state index >= 15 is 0 Å². The number of urea groups is 1. The number of hydrogen-bond donors (Lipinski definition) is 4. The first-order valence-corrected chi connectivity index (χ1v) is 6.45. The van der Waals surface area contributed by atoms with Gasteiger partial charge in [-0.05, 0) is 25.1 Å². The van der Waals surface area contributed by atoms with Gasteiger partial charge in [0.2, 0.25) is 0 Å². The van der Waals surface area contributed by atoms with E-state index in [4.69, 9.17) is 16.7 Å². The van der Waals surface area contributed by atoms with Crippen LogP contribution < -0.4 is 10.6 Å². The highest BCUT2D eigenvalue weighted by molar-refractivity contribution is 6.33. The van der Waals surface area contributed by atoms with Gasteiger partial charge < -0.3 is 20.7 Å². The number of anilines is 1. The third kappa shape index (κ3) is 3.73. The van der Waals surface area contributed by atoms with E-state index in [1.807, 2.05) is 0 Å². The molecule has 0 fully saturated rings. The second-order valence-corrected chi connectivity index (χ2v) is 4.70. The van der Waals surface area contributed by atoms with E-state index in [-0.39, 0.29) is 16.6 Å². The number of benzene rings is 1. The maximum atomic E-state index is 11.8. The number of halogens is 1. The summed E-state index contributed by atoms with van der Waals surface area (Å²) in [6.45, 7) is 1.77. The minimum atomic E-state index is -1.16. The molecule has 8 heteroatoms. The molecule has 0 aliphatic heterocycles. The number of nitrogens with one attached hydrogen (secondary N) is 3. The summed E-state index contributed by atoms with van der Waals surface area (Å²) < 4.78 is 0. The number of carbonyl (C=O) groups excluding carboxylic acids is 1. The van der Waals surface area contributed by atoms with E-state index < -0.39 is 12.0 Å². The Bertz CT molecular complexity index is 657. The van der Waals surface area contributed by atoms with Crippen LogP contribution in [0.2, 0.25) is 5.02 Å². The van der Waals surface area contributed by atoms with Gasteiger partial charge in [-0.1, -0.05) is 11.6 Å². The number of carbonyl (C=O) groups is 2. The average molecular weight is 309 g/mol. The summed E-state index contributed by atoms with van der Waals surface area (Å²) in [5, 5.41) is 14.3. The van der Waals surface area contributed by atoms with E-state index in [1.54, 1.807) is 19.3 Å². The lowest BCUT2D eigenvalue weighted by atomic mass is 10.2. The predicted molar refractivity (Wildman–Crippen MR) is 77.6 cm³/mol. The highest BCUT2D eigenvalue weighted by Gasteiger charge is 2.13. The second kappa shape index (κ2) is 6.27. The lowest BCUT2D eigenvalue weighted by molar-refractivity contribution is 0.0697. The van der Waals surface area contributed by atoms with Crippen LogP contribution in [0.4, 0.5) is 10.5 Å². The largest absolute Gasteiger partial charge is 0.478 e. The van der Waals surface area contributed by atoms with Crippen LogP contribution in [0.5, 0.6) is 0 Å². The number of carboxylic acids is 1. The third-order valence-corrected chi connectivity index (χ3v) is 3.06. The minimum Gasteiger partial charge on any atom is -0.478 e. The average Bonchev–Trinajstić information content (AvgIpc) is 2.94. The van der Waals surface area contributed by atoms with Gasteiger partial charge in [-0.15, -0.1) is 0 Å². The van der Waals surface area contributed by atoms with E-state index in [1.165, 1.54) is 18.2 Å². The summed E-state index contributed by atoms with van der Waals surface area (Å²) in [6, 6.07) is 3.44. The van der Waals surface area contributed by atoms with Crippen molar-refractivity contribution < 1.29 is 14.7 Å². The van der Waals surface area contributed by atoms with Gasteiger partial charge in [-0.3, -0.25) is 0 Å². The van der Waals surface area contributed by atoms with Gasteiger partial charge in [-0.25, -0.2) is 14.6 Å². The zero-order valence-corrected chi connectivity index (χ0v) is 11.8. The molecule has 0 saturated heterocycles. The van der Waals surface area contributed by atoms with Crippen molar-refractivity contribution in [2.75, 3.05) is 5.32 Å². The molecule has 0 saturated carbocycles. The van der Waals surface area contributed by atoms with Gasteiger partial charge in [0.15, 0.2) is 0 Å². The number of aromatic carboxylic acids is 1. The minimum absolute atomic E-state index is 0.0754. The van der Waals surface area contributed by atoms with Crippen LogP contribution in [0.3, 0.4) is 0 Å². The normalized spacial score (nSPS) is 11.7. The quantitative estimate of drug-likeness (QED) is 0.696. The number of hydrogen-bond acceptors (Lipinski definition) is 3. The van der Waals surface area contributed by atoms with E-state index in [0.717, 1.165) is 0 Å². The maximum absolute atomic E-state index is 11.8. The van der Waals surface area contributed by atoms with E-state index in [9.17, 15) is 9.59 Å². The molecule has 21 heavy (non-hydrogen) atoms. The molecule has 4 N–H and O–H groups in total. The summed E-state index contributed by atoms with van der Waals surface area (Å²) in [7, 11) is 0. The fourth-order valence-corrected chi connectivity index (χ4v) is 1.91. The van der Waals surface area contributed by atoms with Crippen molar-refractivity contribution >= 4 is 29.3 Å². The maximum Gasteiger partial charge on any atom is 0.337 e. The molecule has 2 amide bonds. The molecule has 1 aromatic carbocycles. The Morgan fingerprint density at radius 3 is 2.81 bits per heavy atom. The van der Waals surface area contributed by atoms with Gasteiger partial charge in [-0.2, -0.15) is 0 Å². The summed E-state index contributed by atoms with van der Waals surface area (Å²) in [6.07, 6.45) is 3.24. The fourth-order valence-electron chi connectivity index (χ4n) is 1.71. The van der Waals surface area contributed by atoms with Crippen molar-refractivity contribution in [1.82, 2.24) is 15.3 Å². The van der Waals surface area contributed by atoms with Crippen LogP contribution in [-0.4, -0.2) is 27.1 Å². The smallest absolute Gasteiger partial charge is 0.337 e. The fraction of sp³-hybridized carbons (Fsp3) is 0.154. The Morgan fingerprint density at radius 1 is 1.43 bits per heavy atom. The molecule has 0 aliphatic carbocycles. The van der Waals surface area contributed by atoms with Crippen molar-refractivity contribution in [3.8, 4) is 0 Å². The van der Waals surface area contributed by atoms with Crippen LogP contribution in [0.25, 0.3) is 0 Å². The number of nitrogens with zero attached hydrogens (tertiary/aromatic N) is 1. The molecule has 110 valence electrons. The Kier molecular flexibility index (Phi) is 4.44. The number of carboxylic acid groups (broad SMARTS) is 1. The molecule has 2 rings (SSSR count). The first-order valence-electron chi connectivity index (χ1n) is 6.07. The molecular formula is C13H13ClN4O3. The molecule has 0 radical (unpaired) electrons. The molecule has 0 aliphatic rings. The number of H-pyrrole nitrogens is 1. The molecular weight excluding hydrogens is 296 g/mol. The van der Waals surface area contributed by atoms with E-state index in [2.05, 4.69) is 20.6 Å². The third-order valence-electron chi connectivity index (χ3n) is 2.73. The number of imidazole rings is 1. The Morgan fingerprint density at radius 2 is 2.19 bits per heavy atom. The summed E-state index contributed by atoms with van der Waals surface area (Å²) in [5.41, 5.74) is 0.259. The lowest BCUT2D eigenvalue weighted by Gasteiger charge is -2.13. The van der Waals surface area contributed by atoms with Crippen LogP contribution in [0.15, 0.2) is 30.6 Å². The van der Waals surface area contributed by atoms with Crippen LogP contribution >= 0.6 is 11.6 Å². The Balaban J connectivity index is 2.03.